The number of sulfonamides is 1. The van der Waals surface area contributed by atoms with Crippen LogP contribution in [-0.2, 0) is 19.6 Å². The first kappa shape index (κ1) is 22.3. The van der Waals surface area contributed by atoms with Gasteiger partial charge in [0, 0.05) is 43.3 Å². The molecule has 3 rings (SSSR count). The second-order valence-corrected chi connectivity index (χ2v) is 9.59. The van der Waals surface area contributed by atoms with E-state index in [-0.39, 0.29) is 36.4 Å². The SMILES string of the molecule is CC(=O)Nc1ccc(S(=O)(=O)N2CCN(C(=O)COc3ccc(Br)cc3)CC2)cc1. The monoisotopic (exact) mass is 495 g/mol. The van der Waals surface area contributed by atoms with Crippen LogP contribution < -0.4 is 10.1 Å². The van der Waals surface area contributed by atoms with Crippen molar-refractivity contribution in [3.05, 3.63) is 53.0 Å². The molecule has 8 nitrogen and oxygen atoms in total. The molecule has 0 radical (unpaired) electrons. The molecule has 0 aliphatic carbocycles. The molecule has 0 bridgehead atoms. The molecule has 1 N–H and O–H groups in total. The minimum atomic E-state index is -3.67. The lowest BCUT2D eigenvalue weighted by atomic mass is 10.3. The number of nitrogens with one attached hydrogen (secondary N) is 1. The topological polar surface area (TPSA) is 96.0 Å². The summed E-state index contributed by atoms with van der Waals surface area (Å²) in [4.78, 5) is 25.2. The molecular weight excluding hydrogens is 474 g/mol. The van der Waals surface area contributed by atoms with Crippen LogP contribution in [0.4, 0.5) is 5.69 Å². The maximum absolute atomic E-state index is 12.8. The minimum Gasteiger partial charge on any atom is -0.484 e. The quantitative estimate of drug-likeness (QED) is 0.663. The van der Waals surface area contributed by atoms with E-state index in [2.05, 4.69) is 21.2 Å². The molecule has 0 atom stereocenters. The molecule has 0 unspecified atom stereocenters. The highest BCUT2D eigenvalue weighted by Gasteiger charge is 2.30. The number of halogens is 1. The zero-order valence-corrected chi connectivity index (χ0v) is 18.8. The smallest absolute Gasteiger partial charge is 0.260 e. The van der Waals surface area contributed by atoms with Crippen LogP contribution in [0.1, 0.15) is 6.92 Å². The van der Waals surface area contributed by atoms with Crippen LogP contribution in [0.15, 0.2) is 57.9 Å². The number of ether oxygens (including phenoxy) is 1. The number of nitrogens with zero attached hydrogens (tertiary/aromatic N) is 2. The van der Waals surface area contributed by atoms with E-state index < -0.39 is 10.0 Å². The van der Waals surface area contributed by atoms with Gasteiger partial charge in [-0.1, -0.05) is 15.9 Å². The summed E-state index contributed by atoms with van der Waals surface area (Å²) >= 11 is 3.34. The van der Waals surface area contributed by atoms with Gasteiger partial charge in [-0.25, -0.2) is 8.42 Å². The van der Waals surface area contributed by atoms with Gasteiger partial charge in [0.15, 0.2) is 6.61 Å². The fourth-order valence-corrected chi connectivity index (χ4v) is 4.69. The lowest BCUT2D eigenvalue weighted by Crippen LogP contribution is -2.51. The van der Waals surface area contributed by atoms with Crippen molar-refractivity contribution in [1.29, 1.82) is 0 Å². The van der Waals surface area contributed by atoms with E-state index in [4.69, 9.17) is 4.74 Å². The molecule has 160 valence electrons. The van der Waals surface area contributed by atoms with Gasteiger partial charge in [-0.15, -0.1) is 0 Å². The number of piperazine rings is 1. The van der Waals surface area contributed by atoms with E-state index in [0.717, 1.165) is 4.47 Å². The summed E-state index contributed by atoms with van der Waals surface area (Å²) in [6, 6.07) is 13.2. The molecule has 1 aliphatic rings. The fourth-order valence-electron chi connectivity index (χ4n) is 3.01. The van der Waals surface area contributed by atoms with Crippen LogP contribution in [0.2, 0.25) is 0 Å². The summed E-state index contributed by atoms with van der Waals surface area (Å²) in [6.07, 6.45) is 0. The Balaban J connectivity index is 1.54. The van der Waals surface area contributed by atoms with Crippen molar-refractivity contribution >= 4 is 43.5 Å². The zero-order valence-electron chi connectivity index (χ0n) is 16.4. The van der Waals surface area contributed by atoms with E-state index in [9.17, 15) is 18.0 Å². The van der Waals surface area contributed by atoms with Crippen LogP contribution in [0.5, 0.6) is 5.75 Å². The van der Waals surface area contributed by atoms with Crippen LogP contribution in [-0.4, -0.2) is 62.2 Å². The fraction of sp³-hybridized carbons (Fsp3) is 0.300. The molecule has 1 aliphatic heterocycles. The molecule has 2 aromatic carbocycles. The van der Waals surface area contributed by atoms with E-state index >= 15 is 0 Å². The first-order valence-electron chi connectivity index (χ1n) is 9.29. The highest BCUT2D eigenvalue weighted by molar-refractivity contribution is 9.10. The Morgan fingerprint density at radius 3 is 2.17 bits per heavy atom. The standard InChI is InChI=1S/C20H22BrN3O5S/c1-15(25)22-17-4-8-19(9-5-17)30(27,28)24-12-10-23(11-13-24)20(26)14-29-18-6-2-16(21)3-7-18/h2-9H,10-14H2,1H3,(H,22,25). The van der Waals surface area contributed by atoms with Crippen molar-refractivity contribution in [2.75, 3.05) is 38.1 Å². The molecular formula is C20H22BrN3O5S. The molecule has 0 aromatic heterocycles. The van der Waals surface area contributed by atoms with E-state index in [0.29, 0.717) is 24.5 Å². The molecule has 0 saturated carbocycles. The second kappa shape index (κ2) is 9.59. The van der Waals surface area contributed by atoms with Crippen molar-refractivity contribution in [1.82, 2.24) is 9.21 Å². The lowest BCUT2D eigenvalue weighted by molar-refractivity contribution is -0.134. The van der Waals surface area contributed by atoms with Crippen LogP contribution >= 0.6 is 15.9 Å². The molecule has 2 amide bonds. The van der Waals surface area contributed by atoms with Gasteiger partial charge < -0.3 is 15.0 Å². The number of hydrogen-bond donors (Lipinski definition) is 1. The first-order valence-corrected chi connectivity index (χ1v) is 11.5. The van der Waals surface area contributed by atoms with Gasteiger partial charge in [0.25, 0.3) is 5.91 Å². The van der Waals surface area contributed by atoms with Crippen molar-refractivity contribution in [3.63, 3.8) is 0 Å². The average molecular weight is 496 g/mol. The number of carbonyl (C=O) groups excluding carboxylic acids is 2. The Kier molecular flexibility index (Phi) is 7.11. The van der Waals surface area contributed by atoms with Gasteiger partial charge >= 0.3 is 0 Å². The summed E-state index contributed by atoms with van der Waals surface area (Å²) in [7, 11) is -3.67. The van der Waals surface area contributed by atoms with E-state index in [1.807, 2.05) is 12.1 Å². The van der Waals surface area contributed by atoms with E-state index in [1.54, 1.807) is 29.2 Å². The van der Waals surface area contributed by atoms with Crippen molar-refractivity contribution in [2.45, 2.75) is 11.8 Å². The molecule has 2 aromatic rings. The Hall–Kier alpha value is -2.43. The lowest BCUT2D eigenvalue weighted by Gasteiger charge is -2.34. The highest BCUT2D eigenvalue weighted by atomic mass is 79.9. The van der Waals surface area contributed by atoms with Crippen molar-refractivity contribution in [3.8, 4) is 5.75 Å². The molecule has 1 fully saturated rings. The summed E-state index contributed by atoms with van der Waals surface area (Å²) < 4.78 is 33.5. The van der Waals surface area contributed by atoms with Gasteiger partial charge in [-0.2, -0.15) is 4.31 Å². The molecule has 1 saturated heterocycles. The number of hydrogen-bond acceptors (Lipinski definition) is 5. The highest BCUT2D eigenvalue weighted by Crippen LogP contribution is 2.20. The molecule has 30 heavy (non-hydrogen) atoms. The number of carbonyl (C=O) groups is 2. The summed E-state index contributed by atoms with van der Waals surface area (Å²) in [5, 5.41) is 2.60. The van der Waals surface area contributed by atoms with Gasteiger partial charge in [0.2, 0.25) is 15.9 Å². The Bertz CT molecular complexity index is 1000. The van der Waals surface area contributed by atoms with Crippen molar-refractivity contribution < 1.29 is 22.7 Å². The minimum absolute atomic E-state index is 0.0982. The van der Waals surface area contributed by atoms with Gasteiger partial charge in [0.05, 0.1) is 4.90 Å². The maximum atomic E-state index is 12.8. The molecule has 1 heterocycles. The summed E-state index contributed by atoms with van der Waals surface area (Å²) in [5.74, 6) is 0.181. The van der Waals surface area contributed by atoms with Crippen LogP contribution in [0.3, 0.4) is 0 Å². The predicted octanol–water partition coefficient (Wildman–Crippen LogP) is 2.32. The first-order chi connectivity index (χ1) is 14.3. The van der Waals surface area contributed by atoms with Crippen LogP contribution in [0.25, 0.3) is 0 Å². The maximum Gasteiger partial charge on any atom is 0.260 e. The number of amides is 2. The van der Waals surface area contributed by atoms with E-state index in [1.165, 1.54) is 23.4 Å². The Morgan fingerprint density at radius 2 is 1.60 bits per heavy atom. The number of benzene rings is 2. The normalized spacial score (nSPS) is 14.9. The average Bonchev–Trinajstić information content (AvgIpc) is 2.73. The predicted molar refractivity (Wildman–Crippen MR) is 116 cm³/mol. The summed E-state index contributed by atoms with van der Waals surface area (Å²) in [6.45, 7) is 2.30. The van der Waals surface area contributed by atoms with Gasteiger partial charge in [0.1, 0.15) is 5.75 Å². The molecule has 10 heteroatoms. The molecule has 0 spiro atoms. The summed E-state index contributed by atoms with van der Waals surface area (Å²) in [5.41, 5.74) is 0.530. The third kappa shape index (κ3) is 5.59. The third-order valence-electron chi connectivity index (χ3n) is 4.58. The zero-order chi connectivity index (χ0) is 21.7. The van der Waals surface area contributed by atoms with Crippen LogP contribution in [0, 0.1) is 0 Å². The van der Waals surface area contributed by atoms with Gasteiger partial charge in [-0.05, 0) is 48.5 Å². The Morgan fingerprint density at radius 1 is 1.00 bits per heavy atom. The van der Waals surface area contributed by atoms with Gasteiger partial charge in [-0.3, -0.25) is 9.59 Å². The second-order valence-electron chi connectivity index (χ2n) is 6.73. The largest absolute Gasteiger partial charge is 0.484 e. The third-order valence-corrected chi connectivity index (χ3v) is 7.02. The number of anilines is 1. The van der Waals surface area contributed by atoms with Crippen molar-refractivity contribution in [2.24, 2.45) is 0 Å². The Labute approximate surface area is 184 Å². The number of rotatable bonds is 6.